The van der Waals surface area contributed by atoms with Crippen LogP contribution in [0.3, 0.4) is 0 Å². The summed E-state index contributed by atoms with van der Waals surface area (Å²) in [4.78, 5) is 28.6. The molecule has 0 aliphatic rings. The number of aryl methyl sites for hydroxylation is 2. The van der Waals surface area contributed by atoms with Crippen LogP contribution in [0.25, 0.3) is 0 Å². The van der Waals surface area contributed by atoms with Crippen LogP contribution in [-0.4, -0.2) is 12.2 Å². The van der Waals surface area contributed by atoms with E-state index < -0.39 is 0 Å². The molecule has 4 nitrogen and oxygen atoms in total. The molecule has 0 amide bonds. The summed E-state index contributed by atoms with van der Waals surface area (Å²) < 4.78 is 0. The van der Waals surface area contributed by atoms with Gasteiger partial charge >= 0.3 is 0 Å². The van der Waals surface area contributed by atoms with E-state index in [-0.39, 0.29) is 0 Å². The van der Waals surface area contributed by atoms with E-state index in [9.17, 15) is 9.59 Å². The van der Waals surface area contributed by atoms with Crippen LogP contribution in [0.15, 0.2) is 46.4 Å². The predicted octanol–water partition coefficient (Wildman–Crippen LogP) is 4.34. The van der Waals surface area contributed by atoms with Crippen molar-refractivity contribution >= 4 is 23.5 Å². The maximum absolute atomic E-state index is 10.6. The Kier molecular flexibility index (Phi) is 5.76. The number of carbonyl (C=O) groups excluding carboxylic acids is 2. The molecular formula is C19H18N2O2. The van der Waals surface area contributed by atoms with Crippen LogP contribution < -0.4 is 0 Å². The fourth-order valence-corrected chi connectivity index (χ4v) is 2.57. The van der Waals surface area contributed by atoms with Gasteiger partial charge in [0, 0.05) is 0 Å². The summed E-state index contributed by atoms with van der Waals surface area (Å²) in [5.41, 5.74) is 5.56. The molecule has 0 aliphatic heterocycles. The molecule has 4 heteroatoms. The molecule has 0 heterocycles. The molecule has 2 aromatic rings. The van der Waals surface area contributed by atoms with Crippen LogP contribution in [0.4, 0.5) is 11.4 Å². The summed E-state index contributed by atoms with van der Waals surface area (Å²) in [7, 11) is 0. The van der Waals surface area contributed by atoms with E-state index in [4.69, 9.17) is 0 Å². The molecule has 0 fully saturated rings. The molecule has 116 valence electrons. The molecule has 0 aromatic heterocycles. The van der Waals surface area contributed by atoms with Gasteiger partial charge in [0.15, 0.2) is 0 Å². The largest absolute Gasteiger partial charge is 0.240 e. The van der Waals surface area contributed by atoms with Crippen LogP contribution in [-0.2, 0) is 28.9 Å². The molecule has 0 bridgehead atoms. The van der Waals surface area contributed by atoms with Crippen molar-refractivity contribution in [2.45, 2.75) is 33.1 Å². The quantitative estimate of drug-likeness (QED) is 0.589. The van der Waals surface area contributed by atoms with Crippen molar-refractivity contribution < 1.29 is 9.59 Å². The lowest BCUT2D eigenvalue weighted by atomic mass is 9.97. The molecule has 0 saturated carbocycles. The minimum atomic E-state index is 0.644. The zero-order chi connectivity index (χ0) is 16.7. The van der Waals surface area contributed by atoms with Crippen molar-refractivity contribution in [3.63, 3.8) is 0 Å². The number of nitrogens with zero attached hydrogens (tertiary/aromatic N) is 2. The van der Waals surface area contributed by atoms with E-state index >= 15 is 0 Å². The standard InChI is InChI=1S/C19H18N2O2/c1-3-14-5-7-19(21-13-23)17(9-14)11-15-6-8-18(20-12-22)16(4-2)10-15/h5-10H,3-4,11H2,1-2H3. The van der Waals surface area contributed by atoms with Crippen molar-refractivity contribution in [3.05, 3.63) is 58.7 Å². The maximum atomic E-state index is 10.6. The molecule has 0 N–H and O–H groups in total. The number of rotatable bonds is 6. The smallest absolute Gasteiger partial charge is 0.211 e. The average Bonchev–Trinajstić information content (AvgIpc) is 2.58. The minimum absolute atomic E-state index is 0.644. The van der Waals surface area contributed by atoms with E-state index in [2.05, 4.69) is 23.0 Å². The van der Waals surface area contributed by atoms with E-state index in [0.717, 1.165) is 29.5 Å². The molecule has 0 aliphatic carbocycles. The Morgan fingerprint density at radius 3 is 1.91 bits per heavy atom. The molecular weight excluding hydrogens is 288 g/mol. The Morgan fingerprint density at radius 1 is 0.783 bits per heavy atom. The molecule has 2 rings (SSSR count). The van der Waals surface area contributed by atoms with Gasteiger partial charge in [-0.2, -0.15) is 9.98 Å². The highest BCUT2D eigenvalue weighted by atomic mass is 16.1. The molecule has 23 heavy (non-hydrogen) atoms. The molecule has 0 unspecified atom stereocenters. The Balaban J connectivity index is 2.41. The molecule has 0 atom stereocenters. The van der Waals surface area contributed by atoms with Gasteiger partial charge in [0.25, 0.3) is 0 Å². The molecule has 0 saturated heterocycles. The second-order valence-electron chi connectivity index (χ2n) is 5.22. The monoisotopic (exact) mass is 306 g/mol. The van der Waals surface area contributed by atoms with Crippen LogP contribution in [0.5, 0.6) is 0 Å². The number of aliphatic imine (C=N–C) groups is 2. The predicted molar refractivity (Wildman–Crippen MR) is 90.0 cm³/mol. The molecule has 0 spiro atoms. The first kappa shape index (κ1) is 16.6. The zero-order valence-electron chi connectivity index (χ0n) is 13.3. The number of isocyanates is 2. The van der Waals surface area contributed by atoms with Crippen LogP contribution in [0.1, 0.15) is 36.1 Å². The van der Waals surface area contributed by atoms with E-state index in [1.54, 1.807) is 12.2 Å². The van der Waals surface area contributed by atoms with Gasteiger partial charge in [-0.15, -0.1) is 0 Å². The zero-order valence-corrected chi connectivity index (χ0v) is 13.3. The average molecular weight is 306 g/mol. The van der Waals surface area contributed by atoms with Crippen molar-refractivity contribution in [2.24, 2.45) is 9.98 Å². The third-order valence-corrected chi connectivity index (χ3v) is 3.80. The first-order chi connectivity index (χ1) is 11.2. The van der Waals surface area contributed by atoms with Crippen molar-refractivity contribution in [2.75, 3.05) is 0 Å². The van der Waals surface area contributed by atoms with Gasteiger partial charge in [0.2, 0.25) is 12.2 Å². The topological polar surface area (TPSA) is 58.9 Å². The first-order valence-electron chi connectivity index (χ1n) is 7.61. The number of hydrogen-bond acceptors (Lipinski definition) is 4. The SMILES string of the molecule is CCc1ccc(N=C=O)c(Cc2ccc(N=C=O)c(CC)c2)c1. The Labute approximate surface area is 135 Å². The van der Waals surface area contributed by atoms with Crippen molar-refractivity contribution in [1.29, 1.82) is 0 Å². The highest BCUT2D eigenvalue weighted by Gasteiger charge is 2.07. The summed E-state index contributed by atoms with van der Waals surface area (Å²) in [6.45, 7) is 4.10. The van der Waals surface area contributed by atoms with Crippen molar-refractivity contribution in [1.82, 2.24) is 0 Å². The summed E-state index contributed by atoms with van der Waals surface area (Å²) in [6.07, 6.45) is 5.56. The van der Waals surface area contributed by atoms with Crippen LogP contribution in [0, 0.1) is 0 Å². The van der Waals surface area contributed by atoms with Gasteiger partial charge in [0.1, 0.15) is 0 Å². The lowest BCUT2D eigenvalue weighted by molar-refractivity contribution is 0.564. The van der Waals surface area contributed by atoms with Crippen LogP contribution >= 0.6 is 0 Å². The summed E-state index contributed by atoms with van der Waals surface area (Å²) in [6, 6.07) is 11.7. The van der Waals surface area contributed by atoms with Gasteiger partial charge in [-0.3, -0.25) is 0 Å². The van der Waals surface area contributed by atoms with E-state index in [0.29, 0.717) is 17.8 Å². The van der Waals surface area contributed by atoms with Gasteiger partial charge < -0.3 is 0 Å². The Bertz CT molecular complexity index is 799. The summed E-state index contributed by atoms with van der Waals surface area (Å²) >= 11 is 0. The minimum Gasteiger partial charge on any atom is -0.211 e. The fraction of sp³-hybridized carbons (Fsp3) is 0.263. The van der Waals surface area contributed by atoms with Gasteiger partial charge in [-0.05, 0) is 53.6 Å². The van der Waals surface area contributed by atoms with E-state index in [1.807, 2.05) is 37.3 Å². The third kappa shape index (κ3) is 4.10. The third-order valence-electron chi connectivity index (χ3n) is 3.80. The second kappa shape index (κ2) is 8.00. The summed E-state index contributed by atoms with van der Waals surface area (Å²) in [5.74, 6) is 0. The molecule has 0 radical (unpaired) electrons. The first-order valence-corrected chi connectivity index (χ1v) is 7.61. The maximum Gasteiger partial charge on any atom is 0.240 e. The normalized spacial score (nSPS) is 9.83. The van der Waals surface area contributed by atoms with E-state index in [1.165, 1.54) is 5.56 Å². The second-order valence-corrected chi connectivity index (χ2v) is 5.22. The highest BCUT2D eigenvalue weighted by molar-refractivity contribution is 5.58. The number of benzene rings is 2. The lowest BCUT2D eigenvalue weighted by Gasteiger charge is -2.10. The highest BCUT2D eigenvalue weighted by Crippen LogP contribution is 2.26. The van der Waals surface area contributed by atoms with Gasteiger partial charge in [-0.25, -0.2) is 9.59 Å². The summed E-state index contributed by atoms with van der Waals surface area (Å²) in [5, 5.41) is 0. The van der Waals surface area contributed by atoms with Crippen LogP contribution in [0.2, 0.25) is 0 Å². The lowest BCUT2D eigenvalue weighted by Crippen LogP contribution is -1.93. The van der Waals surface area contributed by atoms with Gasteiger partial charge in [0.05, 0.1) is 11.4 Å². The fourth-order valence-electron chi connectivity index (χ4n) is 2.57. The Hall–Kier alpha value is -2.80. The van der Waals surface area contributed by atoms with Crippen molar-refractivity contribution in [3.8, 4) is 0 Å². The number of hydrogen-bond donors (Lipinski definition) is 0. The van der Waals surface area contributed by atoms with Gasteiger partial charge in [-0.1, -0.05) is 38.1 Å². The Morgan fingerprint density at radius 2 is 1.35 bits per heavy atom. The molecule has 2 aromatic carbocycles.